The number of pyridine rings is 1. The van der Waals surface area contributed by atoms with Gasteiger partial charge >= 0.3 is 6.03 Å². The third-order valence-electron chi connectivity index (χ3n) is 3.92. The number of hydrogen-bond donors (Lipinski definition) is 3. The molecule has 0 aliphatic rings. The lowest BCUT2D eigenvalue weighted by Crippen LogP contribution is -2.32. The molecule has 3 heterocycles. The molecule has 1 aromatic carbocycles. The van der Waals surface area contributed by atoms with Gasteiger partial charge in [0, 0.05) is 12.3 Å². The lowest BCUT2D eigenvalue weighted by molar-refractivity contribution is 0.196. The van der Waals surface area contributed by atoms with Crippen LogP contribution in [0.1, 0.15) is 0 Å². The molecule has 10 nitrogen and oxygen atoms in total. The number of nitrogens with zero attached hydrogens (tertiary/aromatic N) is 5. The Hall–Kier alpha value is -4.05. The molecule has 0 radical (unpaired) electrons. The topological polar surface area (TPSA) is 129 Å². The van der Waals surface area contributed by atoms with Crippen LogP contribution in [0.4, 0.5) is 22.1 Å². The van der Waals surface area contributed by atoms with Crippen molar-refractivity contribution in [2.45, 2.75) is 0 Å². The minimum absolute atomic E-state index is 0.104. The van der Waals surface area contributed by atoms with Crippen molar-refractivity contribution < 1.29 is 14.6 Å². The van der Waals surface area contributed by atoms with Crippen LogP contribution < -0.4 is 15.0 Å². The summed E-state index contributed by atoms with van der Waals surface area (Å²) in [5, 5.41) is 19.0. The molecule has 3 aromatic heterocycles. The van der Waals surface area contributed by atoms with E-state index in [0.717, 1.165) is 5.39 Å². The van der Waals surface area contributed by atoms with Crippen LogP contribution in [0.2, 0.25) is 0 Å². The summed E-state index contributed by atoms with van der Waals surface area (Å²) in [6, 6.07) is 11.9. The maximum absolute atomic E-state index is 13.1. The average Bonchev–Trinajstić information content (AvgIpc) is 3.22. The van der Waals surface area contributed by atoms with Gasteiger partial charge in [0.25, 0.3) is 0 Å². The third-order valence-corrected chi connectivity index (χ3v) is 3.92. The molecule has 0 aliphatic carbocycles. The van der Waals surface area contributed by atoms with Crippen molar-refractivity contribution in [2.75, 3.05) is 23.4 Å². The molecule has 4 aromatic rings. The standard InChI is InChI=1S/C19H17N7O3/c27-8-9-29-16-7-6-14(12-20-16)23-19(28)26(15-4-2-1-3-5-15)18-21-10-13-11-22-25-17(13)24-18/h1-7,10-12,27H,8-9H2,(H,23,28)(H,21,22,24,25). The van der Waals surface area contributed by atoms with E-state index < -0.39 is 6.03 Å². The molecule has 0 spiro atoms. The van der Waals surface area contributed by atoms with Crippen molar-refractivity contribution in [3.8, 4) is 5.88 Å². The molecule has 29 heavy (non-hydrogen) atoms. The number of aromatic amines is 1. The number of benzene rings is 1. The van der Waals surface area contributed by atoms with E-state index in [9.17, 15) is 4.79 Å². The van der Waals surface area contributed by atoms with Gasteiger partial charge in [0.1, 0.15) is 6.61 Å². The molecule has 0 aliphatic heterocycles. The smallest absolute Gasteiger partial charge is 0.333 e. The van der Waals surface area contributed by atoms with Gasteiger partial charge in [-0.1, -0.05) is 18.2 Å². The van der Waals surface area contributed by atoms with Crippen molar-refractivity contribution in [2.24, 2.45) is 0 Å². The summed E-state index contributed by atoms with van der Waals surface area (Å²) in [5.74, 6) is 0.548. The van der Waals surface area contributed by atoms with Crippen LogP contribution in [0.5, 0.6) is 5.88 Å². The summed E-state index contributed by atoms with van der Waals surface area (Å²) >= 11 is 0. The van der Waals surface area contributed by atoms with Gasteiger partial charge < -0.3 is 15.2 Å². The maximum Gasteiger partial charge on any atom is 0.333 e. The summed E-state index contributed by atoms with van der Waals surface area (Å²) in [6.45, 7) is 0.0424. The second-order valence-electron chi connectivity index (χ2n) is 5.90. The van der Waals surface area contributed by atoms with Crippen molar-refractivity contribution in [3.05, 3.63) is 61.1 Å². The summed E-state index contributed by atoms with van der Waals surface area (Å²) < 4.78 is 5.22. The Bertz CT molecular complexity index is 1100. The summed E-state index contributed by atoms with van der Waals surface area (Å²) in [4.78, 5) is 27.2. The van der Waals surface area contributed by atoms with E-state index in [4.69, 9.17) is 9.84 Å². The largest absolute Gasteiger partial charge is 0.475 e. The highest BCUT2D eigenvalue weighted by Crippen LogP contribution is 2.24. The van der Waals surface area contributed by atoms with Crippen molar-refractivity contribution in [1.29, 1.82) is 0 Å². The number of fused-ring (bicyclic) bond motifs is 1. The molecule has 0 unspecified atom stereocenters. The summed E-state index contributed by atoms with van der Waals surface area (Å²) in [7, 11) is 0. The lowest BCUT2D eigenvalue weighted by atomic mass is 10.3. The maximum atomic E-state index is 13.1. The van der Waals surface area contributed by atoms with Gasteiger partial charge in [0.2, 0.25) is 11.8 Å². The number of urea groups is 1. The Kier molecular flexibility index (Phi) is 5.25. The number of carbonyl (C=O) groups excluding carboxylic acids is 1. The van der Waals surface area contributed by atoms with Crippen molar-refractivity contribution in [1.82, 2.24) is 25.1 Å². The number of aliphatic hydroxyl groups is 1. The molecule has 4 rings (SSSR count). The number of rotatable bonds is 6. The second-order valence-corrected chi connectivity index (χ2v) is 5.90. The number of aromatic nitrogens is 5. The van der Waals surface area contributed by atoms with Gasteiger partial charge in [-0.2, -0.15) is 10.1 Å². The molecule has 0 bridgehead atoms. The predicted molar refractivity (Wildman–Crippen MR) is 106 cm³/mol. The van der Waals surface area contributed by atoms with Crippen LogP contribution in [0.15, 0.2) is 61.1 Å². The van der Waals surface area contributed by atoms with Crippen LogP contribution in [-0.2, 0) is 0 Å². The van der Waals surface area contributed by atoms with E-state index >= 15 is 0 Å². The summed E-state index contributed by atoms with van der Waals surface area (Å²) in [5.41, 5.74) is 1.59. The molecule has 10 heteroatoms. The Morgan fingerprint density at radius 3 is 2.72 bits per heavy atom. The number of H-pyrrole nitrogens is 1. The Morgan fingerprint density at radius 2 is 1.97 bits per heavy atom. The Morgan fingerprint density at radius 1 is 1.10 bits per heavy atom. The number of ether oxygens (including phenoxy) is 1. The van der Waals surface area contributed by atoms with E-state index in [1.165, 1.54) is 11.1 Å². The highest BCUT2D eigenvalue weighted by atomic mass is 16.5. The highest BCUT2D eigenvalue weighted by Gasteiger charge is 2.21. The molecule has 2 amide bonds. The zero-order valence-electron chi connectivity index (χ0n) is 15.2. The number of aliphatic hydroxyl groups excluding tert-OH is 1. The Labute approximate surface area is 165 Å². The average molecular weight is 391 g/mol. The molecule has 0 saturated heterocycles. The van der Waals surface area contributed by atoms with Gasteiger partial charge in [-0.3, -0.25) is 5.10 Å². The normalized spacial score (nSPS) is 10.7. The molecular weight excluding hydrogens is 374 g/mol. The molecule has 3 N–H and O–H groups in total. The zero-order valence-corrected chi connectivity index (χ0v) is 15.2. The van der Waals surface area contributed by atoms with E-state index in [-0.39, 0.29) is 19.2 Å². The number of nitrogens with one attached hydrogen (secondary N) is 2. The van der Waals surface area contributed by atoms with E-state index in [0.29, 0.717) is 22.9 Å². The van der Waals surface area contributed by atoms with Gasteiger partial charge in [-0.05, 0) is 18.2 Å². The van der Waals surface area contributed by atoms with Gasteiger partial charge in [0.15, 0.2) is 5.65 Å². The van der Waals surface area contributed by atoms with E-state index in [1.54, 1.807) is 36.7 Å². The fourth-order valence-corrected chi connectivity index (χ4v) is 2.61. The van der Waals surface area contributed by atoms with Gasteiger partial charge in [-0.25, -0.2) is 19.7 Å². The van der Waals surface area contributed by atoms with Crippen LogP contribution >= 0.6 is 0 Å². The number of anilines is 3. The molecular formula is C19H17N7O3. The number of para-hydroxylation sites is 1. The van der Waals surface area contributed by atoms with Crippen LogP contribution in [-0.4, -0.2) is 49.5 Å². The first kappa shape index (κ1) is 18.3. The SMILES string of the molecule is O=C(Nc1ccc(OCCO)nc1)N(c1ccccc1)c1ncc2cn[nH]c2n1. The lowest BCUT2D eigenvalue weighted by Gasteiger charge is -2.21. The van der Waals surface area contributed by atoms with Crippen molar-refractivity contribution >= 4 is 34.4 Å². The first-order valence-electron chi connectivity index (χ1n) is 8.76. The first-order chi connectivity index (χ1) is 14.2. The molecule has 0 saturated carbocycles. The fraction of sp³-hybridized carbons (Fsp3) is 0.105. The van der Waals surface area contributed by atoms with Crippen LogP contribution in [0.25, 0.3) is 11.0 Å². The molecule has 0 atom stereocenters. The van der Waals surface area contributed by atoms with Crippen molar-refractivity contribution in [3.63, 3.8) is 0 Å². The van der Waals surface area contributed by atoms with E-state index in [2.05, 4.69) is 30.5 Å². The molecule has 0 fully saturated rings. The quantitative estimate of drug-likeness (QED) is 0.460. The van der Waals surface area contributed by atoms with Gasteiger partial charge in [-0.15, -0.1) is 0 Å². The zero-order chi connectivity index (χ0) is 20.1. The minimum Gasteiger partial charge on any atom is -0.475 e. The number of carbonyl (C=O) groups is 1. The Balaban J connectivity index is 1.61. The molecule has 146 valence electrons. The monoisotopic (exact) mass is 391 g/mol. The minimum atomic E-state index is -0.458. The van der Waals surface area contributed by atoms with Gasteiger partial charge in [0.05, 0.1) is 35.8 Å². The first-order valence-corrected chi connectivity index (χ1v) is 8.76. The number of hydrogen-bond acceptors (Lipinski definition) is 7. The van der Waals surface area contributed by atoms with Crippen LogP contribution in [0, 0.1) is 0 Å². The third kappa shape index (κ3) is 4.12. The van der Waals surface area contributed by atoms with E-state index in [1.807, 2.05) is 18.2 Å². The van der Waals surface area contributed by atoms with Crippen LogP contribution in [0.3, 0.4) is 0 Å². The second kappa shape index (κ2) is 8.31. The predicted octanol–water partition coefficient (Wildman–Crippen LogP) is 2.49. The summed E-state index contributed by atoms with van der Waals surface area (Å²) in [6.07, 6.45) is 4.67. The highest BCUT2D eigenvalue weighted by molar-refractivity contribution is 6.06. The fourth-order valence-electron chi connectivity index (χ4n) is 2.61. The number of amides is 2.